The van der Waals surface area contributed by atoms with Gasteiger partial charge in [-0.2, -0.15) is 0 Å². The summed E-state index contributed by atoms with van der Waals surface area (Å²) in [5.74, 6) is 0.640. The Hall–Kier alpha value is -0.930. The van der Waals surface area contributed by atoms with E-state index in [2.05, 4.69) is 18.9 Å². The molecule has 1 fully saturated rings. The molecule has 0 aromatic heterocycles. The van der Waals surface area contributed by atoms with Crippen molar-refractivity contribution in [1.82, 2.24) is 4.90 Å². The molecule has 112 valence electrons. The minimum atomic E-state index is -0.178. The van der Waals surface area contributed by atoms with Gasteiger partial charge in [0.1, 0.15) is 5.82 Å². The maximum atomic E-state index is 13.0. The van der Waals surface area contributed by atoms with Crippen LogP contribution >= 0.6 is 0 Å². The van der Waals surface area contributed by atoms with Gasteiger partial charge < -0.3 is 5.73 Å². The first-order valence-corrected chi connectivity index (χ1v) is 7.69. The molecule has 20 heavy (non-hydrogen) atoms. The second-order valence-electron chi connectivity index (χ2n) is 6.54. The predicted molar refractivity (Wildman–Crippen MR) is 82.2 cm³/mol. The molecule has 1 aromatic carbocycles. The van der Waals surface area contributed by atoms with E-state index in [9.17, 15) is 4.39 Å². The van der Waals surface area contributed by atoms with Gasteiger partial charge in [0, 0.05) is 18.6 Å². The molecule has 0 amide bonds. The molecule has 1 aromatic rings. The van der Waals surface area contributed by atoms with E-state index in [1.807, 2.05) is 12.1 Å². The van der Waals surface area contributed by atoms with E-state index in [4.69, 9.17) is 5.73 Å². The molecule has 1 aliphatic rings. The van der Waals surface area contributed by atoms with E-state index in [1.165, 1.54) is 37.8 Å². The summed E-state index contributed by atoms with van der Waals surface area (Å²) in [4.78, 5) is 2.41. The summed E-state index contributed by atoms with van der Waals surface area (Å²) >= 11 is 0. The Morgan fingerprint density at radius 1 is 1.25 bits per heavy atom. The third-order valence-electron chi connectivity index (χ3n) is 4.87. The monoisotopic (exact) mass is 278 g/mol. The third-order valence-corrected chi connectivity index (χ3v) is 4.87. The first-order valence-electron chi connectivity index (χ1n) is 7.69. The average Bonchev–Trinajstić information content (AvgIpc) is 2.94. The molecular weight excluding hydrogens is 251 g/mol. The Bertz CT molecular complexity index is 412. The van der Waals surface area contributed by atoms with Gasteiger partial charge in [-0.15, -0.1) is 0 Å². The highest BCUT2D eigenvalue weighted by molar-refractivity contribution is 5.19. The Labute approximate surface area is 122 Å². The summed E-state index contributed by atoms with van der Waals surface area (Å²) in [5, 5.41) is 0. The minimum absolute atomic E-state index is 0.0551. The highest BCUT2D eigenvalue weighted by atomic mass is 19.1. The Kier molecular flexibility index (Phi) is 5.17. The Morgan fingerprint density at radius 3 is 2.40 bits per heavy atom. The first kappa shape index (κ1) is 15.5. The van der Waals surface area contributed by atoms with E-state index in [-0.39, 0.29) is 11.4 Å². The van der Waals surface area contributed by atoms with Crippen molar-refractivity contribution in [2.24, 2.45) is 11.7 Å². The Balaban J connectivity index is 2.00. The topological polar surface area (TPSA) is 29.3 Å². The van der Waals surface area contributed by atoms with E-state index in [0.29, 0.717) is 6.54 Å². The molecule has 2 N–H and O–H groups in total. The fraction of sp³-hybridized carbons (Fsp3) is 0.647. The molecule has 1 aliphatic carbocycles. The molecule has 3 heteroatoms. The van der Waals surface area contributed by atoms with Gasteiger partial charge in [-0.05, 0) is 56.8 Å². The van der Waals surface area contributed by atoms with E-state index < -0.39 is 0 Å². The molecule has 1 unspecified atom stereocenters. The fourth-order valence-corrected chi connectivity index (χ4v) is 3.21. The van der Waals surface area contributed by atoms with Crippen molar-refractivity contribution in [2.75, 3.05) is 20.1 Å². The maximum Gasteiger partial charge on any atom is 0.123 e. The smallest absolute Gasteiger partial charge is 0.123 e. The standard InChI is InChI=1S/C17H27FN2/c1-17(13-19,11-14-7-9-16(18)10-8-14)20(2)12-15-5-3-4-6-15/h7-10,15H,3-6,11-13,19H2,1-2H3. The van der Waals surface area contributed by atoms with Gasteiger partial charge in [0.15, 0.2) is 0 Å². The van der Waals surface area contributed by atoms with Crippen LogP contribution in [0.2, 0.25) is 0 Å². The first-order chi connectivity index (χ1) is 9.53. The molecule has 2 rings (SSSR count). The summed E-state index contributed by atoms with van der Waals surface area (Å²) in [6, 6.07) is 6.80. The van der Waals surface area contributed by atoms with Crippen LogP contribution in [0, 0.1) is 11.7 Å². The number of hydrogen-bond donors (Lipinski definition) is 1. The predicted octanol–water partition coefficient (Wildman–Crippen LogP) is 3.21. The summed E-state index contributed by atoms with van der Waals surface area (Å²) in [6.45, 7) is 3.95. The van der Waals surface area contributed by atoms with Crippen molar-refractivity contribution in [3.63, 3.8) is 0 Å². The van der Waals surface area contributed by atoms with Crippen LogP contribution in [0.15, 0.2) is 24.3 Å². The molecule has 0 saturated heterocycles. The van der Waals surface area contributed by atoms with Crippen molar-refractivity contribution < 1.29 is 4.39 Å². The van der Waals surface area contributed by atoms with E-state index in [0.717, 1.165) is 24.4 Å². The molecule has 0 radical (unpaired) electrons. The van der Waals surface area contributed by atoms with Crippen LogP contribution in [0.3, 0.4) is 0 Å². The van der Waals surface area contributed by atoms with Gasteiger partial charge >= 0.3 is 0 Å². The SMILES string of the molecule is CN(CC1CCCC1)C(C)(CN)Cc1ccc(F)cc1. The average molecular weight is 278 g/mol. The number of likely N-dealkylation sites (N-methyl/N-ethyl adjacent to an activating group) is 1. The van der Waals surface area contributed by atoms with Crippen molar-refractivity contribution >= 4 is 0 Å². The highest BCUT2D eigenvalue weighted by Gasteiger charge is 2.30. The lowest BCUT2D eigenvalue weighted by atomic mass is 9.90. The van der Waals surface area contributed by atoms with E-state index >= 15 is 0 Å². The lowest BCUT2D eigenvalue weighted by Crippen LogP contribution is -2.52. The molecule has 0 bridgehead atoms. The van der Waals surface area contributed by atoms with Crippen LogP contribution in [0.5, 0.6) is 0 Å². The van der Waals surface area contributed by atoms with Crippen LogP contribution in [0.25, 0.3) is 0 Å². The lowest BCUT2D eigenvalue weighted by Gasteiger charge is -2.39. The van der Waals surface area contributed by atoms with Crippen LogP contribution in [-0.2, 0) is 6.42 Å². The van der Waals surface area contributed by atoms with Crippen molar-refractivity contribution in [3.8, 4) is 0 Å². The number of nitrogens with two attached hydrogens (primary N) is 1. The molecule has 2 nitrogen and oxygen atoms in total. The van der Waals surface area contributed by atoms with Gasteiger partial charge in [-0.1, -0.05) is 25.0 Å². The summed E-state index contributed by atoms with van der Waals surface area (Å²) in [6.07, 6.45) is 6.31. The summed E-state index contributed by atoms with van der Waals surface area (Å²) < 4.78 is 13.0. The largest absolute Gasteiger partial charge is 0.329 e. The van der Waals surface area contributed by atoms with E-state index in [1.54, 1.807) is 0 Å². The number of rotatable bonds is 6. The molecular formula is C17H27FN2. The number of nitrogens with zero attached hydrogens (tertiary/aromatic N) is 1. The lowest BCUT2D eigenvalue weighted by molar-refractivity contribution is 0.122. The molecule has 1 atom stereocenters. The quantitative estimate of drug-likeness (QED) is 0.866. The molecule has 1 saturated carbocycles. The van der Waals surface area contributed by atoms with Crippen LogP contribution in [-0.4, -0.2) is 30.6 Å². The maximum absolute atomic E-state index is 13.0. The summed E-state index contributed by atoms with van der Waals surface area (Å²) in [5.41, 5.74) is 7.14. The summed E-state index contributed by atoms with van der Waals surface area (Å²) in [7, 11) is 2.18. The second kappa shape index (κ2) is 6.68. The third kappa shape index (κ3) is 3.80. The second-order valence-corrected chi connectivity index (χ2v) is 6.54. The number of benzene rings is 1. The molecule has 0 heterocycles. The zero-order valence-electron chi connectivity index (χ0n) is 12.7. The fourth-order valence-electron chi connectivity index (χ4n) is 3.21. The molecule has 0 aliphatic heterocycles. The Morgan fingerprint density at radius 2 is 1.85 bits per heavy atom. The van der Waals surface area contributed by atoms with Gasteiger partial charge in [0.2, 0.25) is 0 Å². The normalized spacial score (nSPS) is 19.4. The van der Waals surface area contributed by atoms with Crippen molar-refractivity contribution in [3.05, 3.63) is 35.6 Å². The van der Waals surface area contributed by atoms with Gasteiger partial charge in [0.25, 0.3) is 0 Å². The number of hydrogen-bond acceptors (Lipinski definition) is 2. The van der Waals surface area contributed by atoms with Crippen LogP contribution in [0.4, 0.5) is 4.39 Å². The van der Waals surface area contributed by atoms with Crippen LogP contribution in [0.1, 0.15) is 38.2 Å². The molecule has 0 spiro atoms. The zero-order valence-corrected chi connectivity index (χ0v) is 12.7. The van der Waals surface area contributed by atoms with Crippen molar-refractivity contribution in [2.45, 2.75) is 44.6 Å². The highest BCUT2D eigenvalue weighted by Crippen LogP contribution is 2.28. The number of halogens is 1. The van der Waals surface area contributed by atoms with Gasteiger partial charge in [-0.25, -0.2) is 4.39 Å². The van der Waals surface area contributed by atoms with Gasteiger partial charge in [-0.3, -0.25) is 4.90 Å². The van der Waals surface area contributed by atoms with Crippen LogP contribution < -0.4 is 5.73 Å². The van der Waals surface area contributed by atoms with Crippen molar-refractivity contribution in [1.29, 1.82) is 0 Å². The van der Waals surface area contributed by atoms with Gasteiger partial charge in [0.05, 0.1) is 0 Å². The minimum Gasteiger partial charge on any atom is -0.329 e. The zero-order chi connectivity index (χ0) is 14.6.